The fraction of sp³-hybridized carbons (Fsp3) is 0.267. The van der Waals surface area contributed by atoms with Crippen LogP contribution in [-0.2, 0) is 13.0 Å². The Kier molecular flexibility index (Phi) is 4.94. The van der Waals surface area contributed by atoms with E-state index in [0.29, 0.717) is 18.8 Å². The molecule has 1 N–H and O–H groups in total. The van der Waals surface area contributed by atoms with E-state index in [1.54, 1.807) is 0 Å². The van der Waals surface area contributed by atoms with E-state index in [4.69, 9.17) is 10.1 Å². The van der Waals surface area contributed by atoms with Crippen LogP contribution >= 0.6 is 0 Å². The molecule has 0 saturated carbocycles. The number of nitrogens with one attached hydrogen (secondary N) is 1. The van der Waals surface area contributed by atoms with Crippen LogP contribution in [-0.4, -0.2) is 23.6 Å². The van der Waals surface area contributed by atoms with Crippen LogP contribution in [0.25, 0.3) is 5.08 Å². The van der Waals surface area contributed by atoms with Crippen molar-refractivity contribution in [2.24, 2.45) is 0 Å². The maximum absolute atomic E-state index is 11.7. The molecule has 0 unspecified atom stereocenters. The van der Waals surface area contributed by atoms with E-state index < -0.39 is 0 Å². The first-order valence-electron chi connectivity index (χ1n) is 6.62. The molecule has 2 aromatic rings. The van der Waals surface area contributed by atoms with Gasteiger partial charge in [-0.3, -0.25) is 4.79 Å². The Labute approximate surface area is 122 Å². The van der Waals surface area contributed by atoms with Crippen LogP contribution in [0.3, 0.4) is 0 Å². The van der Waals surface area contributed by atoms with Gasteiger partial charge in [0.25, 0.3) is 5.39 Å². The van der Waals surface area contributed by atoms with Crippen molar-refractivity contribution in [3.05, 3.63) is 69.2 Å². The summed E-state index contributed by atoms with van der Waals surface area (Å²) in [4.78, 5) is 14.6. The lowest BCUT2D eigenvalue weighted by atomic mass is 10.1. The van der Waals surface area contributed by atoms with Crippen molar-refractivity contribution in [1.29, 1.82) is 5.39 Å². The Bertz CT molecular complexity index is 676. The van der Waals surface area contributed by atoms with E-state index in [2.05, 4.69) is 10.1 Å². The Balaban J connectivity index is 1.98. The van der Waals surface area contributed by atoms with Gasteiger partial charge in [-0.25, -0.2) is 0 Å². The molecule has 1 aromatic carbocycles. The van der Waals surface area contributed by atoms with Gasteiger partial charge in [0.2, 0.25) is 5.43 Å². The molecule has 2 rings (SSSR count). The molecule has 0 radical (unpaired) electrons. The largest absolute Gasteiger partial charge is 0.491 e. The van der Waals surface area contributed by atoms with Gasteiger partial charge in [0, 0.05) is 18.0 Å². The molecule has 1 heterocycles. The van der Waals surface area contributed by atoms with Crippen molar-refractivity contribution >= 4 is 0 Å². The number of nitrogens with zero attached hydrogens (tertiary/aromatic N) is 3. The molecule has 0 spiro atoms. The molecular formula is C15H17N4O2+. The number of ether oxygens (including phenoxy) is 1. The first-order chi connectivity index (χ1) is 10.2. The van der Waals surface area contributed by atoms with Gasteiger partial charge in [-0.15, -0.1) is 0 Å². The summed E-state index contributed by atoms with van der Waals surface area (Å²) in [6.07, 6.45) is 2.26. The molecule has 0 aliphatic heterocycles. The second-order valence-electron chi connectivity index (χ2n) is 4.60. The van der Waals surface area contributed by atoms with Gasteiger partial charge in [-0.1, -0.05) is 30.3 Å². The summed E-state index contributed by atoms with van der Waals surface area (Å²) in [7, 11) is 1.44. The molecule has 0 aliphatic carbocycles. The quantitative estimate of drug-likeness (QED) is 0.652. The number of pyridine rings is 1. The molecule has 0 amide bonds. The van der Waals surface area contributed by atoms with E-state index >= 15 is 0 Å². The summed E-state index contributed by atoms with van der Waals surface area (Å²) in [5.74, 6) is 0.260. The number of rotatable bonds is 6. The van der Waals surface area contributed by atoms with Crippen LogP contribution in [0, 0.1) is 5.39 Å². The molecule has 0 atom stereocenters. The minimum atomic E-state index is -0.202. The van der Waals surface area contributed by atoms with Gasteiger partial charge in [0.1, 0.15) is 6.54 Å². The number of H-pyrrole nitrogens is 1. The van der Waals surface area contributed by atoms with Crippen molar-refractivity contribution in [3.63, 3.8) is 0 Å². The standard InChI is InChI=1S/C15H16N4O2/c1-21-15-10-17-13(9-14(15)20)11-19(18-16)8-7-12-5-3-2-4-6-12/h2-6,9-10H,7-8,11H2,1H3/p+1. The van der Waals surface area contributed by atoms with Crippen LogP contribution in [0.15, 0.2) is 47.4 Å². The summed E-state index contributed by atoms with van der Waals surface area (Å²) < 4.78 is 4.91. The molecule has 6 heteroatoms. The Hall–Kier alpha value is -2.81. The minimum Gasteiger partial charge on any atom is -0.491 e. The SMILES string of the molecule is COc1c[nH]c(CN(CCc2ccccc2)[N+]#N)cc1=O. The van der Waals surface area contributed by atoms with Gasteiger partial charge in [-0.2, -0.15) is 0 Å². The lowest BCUT2D eigenvalue weighted by Gasteiger charge is -2.06. The topological polar surface area (TPSA) is 73.5 Å². The molecule has 0 fully saturated rings. The molecule has 1 aromatic heterocycles. The highest BCUT2D eigenvalue weighted by Crippen LogP contribution is 2.07. The van der Waals surface area contributed by atoms with Gasteiger partial charge in [-0.05, 0) is 17.0 Å². The lowest BCUT2D eigenvalue weighted by molar-refractivity contribution is 0.353. The van der Waals surface area contributed by atoms with Gasteiger partial charge in [0.15, 0.2) is 5.75 Å². The molecule has 6 nitrogen and oxygen atoms in total. The van der Waals surface area contributed by atoms with Gasteiger partial charge >= 0.3 is 5.08 Å². The Morgan fingerprint density at radius 2 is 2.10 bits per heavy atom. The summed E-state index contributed by atoms with van der Waals surface area (Å²) in [6.45, 7) is 0.872. The zero-order chi connectivity index (χ0) is 15.1. The van der Waals surface area contributed by atoms with Gasteiger partial charge in [0.05, 0.1) is 13.7 Å². The van der Waals surface area contributed by atoms with Crippen LogP contribution in [0.4, 0.5) is 0 Å². The highest BCUT2D eigenvalue weighted by Gasteiger charge is 2.15. The number of hydrogen-bond acceptors (Lipinski definition) is 4. The Morgan fingerprint density at radius 3 is 2.71 bits per heavy atom. The number of hydrogen-bond donors (Lipinski definition) is 1. The second-order valence-corrected chi connectivity index (χ2v) is 4.60. The van der Waals surface area contributed by atoms with E-state index in [1.165, 1.54) is 24.4 Å². The molecule has 0 saturated heterocycles. The third-order valence-corrected chi connectivity index (χ3v) is 3.14. The molecule has 108 valence electrons. The highest BCUT2D eigenvalue weighted by atomic mass is 16.5. The zero-order valence-electron chi connectivity index (χ0n) is 11.8. The number of benzene rings is 1. The average molecular weight is 285 g/mol. The number of aromatic nitrogens is 1. The van der Waals surface area contributed by atoms with E-state index in [-0.39, 0.29) is 11.2 Å². The number of diazo groups is 1. The maximum atomic E-state index is 11.7. The third-order valence-electron chi connectivity index (χ3n) is 3.14. The van der Waals surface area contributed by atoms with Crippen LogP contribution in [0.1, 0.15) is 11.3 Å². The van der Waals surface area contributed by atoms with E-state index in [0.717, 1.165) is 12.0 Å². The fourth-order valence-corrected chi connectivity index (χ4v) is 2.01. The summed E-state index contributed by atoms with van der Waals surface area (Å²) >= 11 is 0. The Morgan fingerprint density at radius 1 is 1.33 bits per heavy atom. The summed E-state index contributed by atoms with van der Waals surface area (Å²) in [5.41, 5.74) is 1.62. The summed E-state index contributed by atoms with van der Waals surface area (Å²) in [5, 5.41) is 13.8. The smallest absolute Gasteiger partial charge is 0.305 e. The fourth-order valence-electron chi connectivity index (χ4n) is 2.01. The van der Waals surface area contributed by atoms with Gasteiger partial charge < -0.3 is 9.72 Å². The third kappa shape index (κ3) is 4.08. The van der Waals surface area contributed by atoms with Crippen molar-refractivity contribution in [2.45, 2.75) is 13.0 Å². The van der Waals surface area contributed by atoms with Crippen LogP contribution in [0.2, 0.25) is 0 Å². The maximum Gasteiger partial charge on any atom is 0.305 e. The predicted octanol–water partition coefficient (Wildman–Crippen LogP) is 2.20. The van der Waals surface area contributed by atoms with Crippen molar-refractivity contribution in [1.82, 2.24) is 9.99 Å². The van der Waals surface area contributed by atoms with Crippen LogP contribution in [0.5, 0.6) is 5.75 Å². The van der Waals surface area contributed by atoms with Crippen molar-refractivity contribution < 1.29 is 4.74 Å². The predicted molar refractivity (Wildman–Crippen MR) is 79.3 cm³/mol. The second kappa shape index (κ2) is 7.10. The number of aromatic amines is 1. The zero-order valence-corrected chi connectivity index (χ0v) is 11.8. The van der Waals surface area contributed by atoms with Crippen molar-refractivity contribution in [3.8, 4) is 5.75 Å². The van der Waals surface area contributed by atoms with E-state index in [1.807, 2.05) is 30.3 Å². The van der Waals surface area contributed by atoms with Crippen LogP contribution < -0.4 is 10.2 Å². The number of methoxy groups -OCH3 is 1. The molecule has 0 aliphatic rings. The molecule has 0 bridgehead atoms. The minimum absolute atomic E-state index is 0.202. The monoisotopic (exact) mass is 285 g/mol. The highest BCUT2D eigenvalue weighted by molar-refractivity contribution is 5.20. The first kappa shape index (κ1) is 14.6. The van der Waals surface area contributed by atoms with Crippen molar-refractivity contribution in [2.75, 3.05) is 13.7 Å². The lowest BCUT2D eigenvalue weighted by Crippen LogP contribution is -2.20. The first-order valence-corrected chi connectivity index (χ1v) is 6.62. The normalized spacial score (nSPS) is 9.90. The molecule has 21 heavy (non-hydrogen) atoms. The average Bonchev–Trinajstić information content (AvgIpc) is 2.52. The summed E-state index contributed by atoms with van der Waals surface area (Å²) in [6, 6.07) is 11.4. The van der Waals surface area contributed by atoms with E-state index in [9.17, 15) is 4.79 Å². The molecular weight excluding hydrogens is 268 g/mol.